The molecule has 0 bridgehead atoms. The highest BCUT2D eigenvalue weighted by molar-refractivity contribution is 5.52. The fourth-order valence-corrected chi connectivity index (χ4v) is 1.74. The van der Waals surface area contributed by atoms with Gasteiger partial charge in [-0.15, -0.1) is 0 Å². The molecule has 2 heteroatoms. The van der Waals surface area contributed by atoms with Gasteiger partial charge >= 0.3 is 0 Å². The van der Waals surface area contributed by atoms with Crippen LogP contribution in [-0.2, 0) is 6.42 Å². The summed E-state index contributed by atoms with van der Waals surface area (Å²) >= 11 is 0. The quantitative estimate of drug-likeness (QED) is 0.826. The van der Waals surface area contributed by atoms with E-state index in [1.54, 1.807) is 0 Å². The first-order valence-corrected chi connectivity index (χ1v) is 5.29. The smallest absolute Gasteiger partial charge is 0.123 e. The topological polar surface area (TPSA) is 12.0 Å². The van der Waals surface area contributed by atoms with Crippen LogP contribution in [0.1, 0.15) is 11.1 Å². The van der Waals surface area contributed by atoms with Gasteiger partial charge in [-0.1, -0.05) is 30.3 Å². The van der Waals surface area contributed by atoms with Gasteiger partial charge in [-0.3, -0.25) is 0 Å². The van der Waals surface area contributed by atoms with Gasteiger partial charge in [-0.2, -0.15) is 0 Å². The molecule has 0 aliphatic heterocycles. The van der Waals surface area contributed by atoms with Gasteiger partial charge in [0.05, 0.1) is 0 Å². The molecule has 0 saturated carbocycles. The van der Waals surface area contributed by atoms with Crippen molar-refractivity contribution in [3.63, 3.8) is 0 Å². The summed E-state index contributed by atoms with van der Waals surface area (Å²) in [7, 11) is 1.91. The highest BCUT2D eigenvalue weighted by Gasteiger charge is 2.01. The van der Waals surface area contributed by atoms with Gasteiger partial charge in [0.2, 0.25) is 0 Å². The van der Waals surface area contributed by atoms with Crippen molar-refractivity contribution in [1.82, 2.24) is 0 Å². The molecule has 0 fully saturated rings. The molecular formula is C14H14FN. The second kappa shape index (κ2) is 4.79. The summed E-state index contributed by atoms with van der Waals surface area (Å²) in [5, 5.41) is 3.15. The number of halogens is 1. The molecule has 1 N–H and O–H groups in total. The van der Waals surface area contributed by atoms with Crippen LogP contribution in [0.5, 0.6) is 0 Å². The van der Waals surface area contributed by atoms with Crippen LogP contribution in [0.4, 0.5) is 10.1 Å². The minimum Gasteiger partial charge on any atom is -0.388 e. The van der Waals surface area contributed by atoms with E-state index in [1.807, 2.05) is 37.4 Å². The second-order valence-electron chi connectivity index (χ2n) is 3.71. The Balaban J connectivity index is 2.23. The first kappa shape index (κ1) is 10.7. The Morgan fingerprint density at radius 2 is 1.69 bits per heavy atom. The maximum atomic E-state index is 12.8. The third-order valence-corrected chi connectivity index (χ3v) is 2.59. The van der Waals surface area contributed by atoms with E-state index in [2.05, 4.69) is 11.4 Å². The number of rotatable bonds is 3. The van der Waals surface area contributed by atoms with E-state index in [4.69, 9.17) is 0 Å². The average molecular weight is 215 g/mol. The minimum atomic E-state index is -0.189. The number of nitrogens with one attached hydrogen (secondary N) is 1. The molecule has 0 aromatic heterocycles. The van der Waals surface area contributed by atoms with Gasteiger partial charge in [-0.05, 0) is 35.7 Å². The highest BCUT2D eigenvalue weighted by Crippen LogP contribution is 2.18. The maximum absolute atomic E-state index is 12.8. The van der Waals surface area contributed by atoms with Crippen LogP contribution in [0.3, 0.4) is 0 Å². The molecule has 0 saturated heterocycles. The monoisotopic (exact) mass is 215 g/mol. The van der Waals surface area contributed by atoms with Crippen LogP contribution < -0.4 is 5.32 Å². The summed E-state index contributed by atoms with van der Waals surface area (Å²) < 4.78 is 12.8. The standard InChI is InChI=1S/C14H14FN/c1-16-14-5-3-2-4-12(14)10-11-6-8-13(15)9-7-11/h2-9,16H,10H2,1H3. The molecule has 82 valence electrons. The molecule has 2 aromatic rings. The first-order chi connectivity index (χ1) is 7.79. The molecular weight excluding hydrogens is 201 g/mol. The van der Waals surface area contributed by atoms with Crippen LogP contribution in [0.25, 0.3) is 0 Å². The largest absolute Gasteiger partial charge is 0.388 e. The molecule has 0 radical (unpaired) electrons. The van der Waals surface area contributed by atoms with Crippen molar-refractivity contribution in [2.24, 2.45) is 0 Å². The summed E-state index contributed by atoms with van der Waals surface area (Å²) in [4.78, 5) is 0. The molecule has 1 nitrogen and oxygen atoms in total. The Hall–Kier alpha value is -1.83. The van der Waals surface area contributed by atoms with Gasteiger partial charge in [0, 0.05) is 12.7 Å². The van der Waals surface area contributed by atoms with E-state index in [0.29, 0.717) is 0 Å². The zero-order chi connectivity index (χ0) is 11.4. The lowest BCUT2D eigenvalue weighted by Gasteiger charge is -2.08. The second-order valence-corrected chi connectivity index (χ2v) is 3.71. The maximum Gasteiger partial charge on any atom is 0.123 e. The Labute approximate surface area is 94.9 Å². The molecule has 0 spiro atoms. The van der Waals surface area contributed by atoms with Crippen molar-refractivity contribution in [2.45, 2.75) is 6.42 Å². The molecule has 2 rings (SSSR count). The van der Waals surface area contributed by atoms with Crippen LogP contribution in [0, 0.1) is 5.82 Å². The van der Waals surface area contributed by atoms with Crippen molar-refractivity contribution >= 4 is 5.69 Å². The number of hydrogen-bond acceptors (Lipinski definition) is 1. The molecule has 2 aromatic carbocycles. The van der Waals surface area contributed by atoms with E-state index in [9.17, 15) is 4.39 Å². The number of hydrogen-bond donors (Lipinski definition) is 1. The minimum absolute atomic E-state index is 0.189. The van der Waals surface area contributed by atoms with Crippen molar-refractivity contribution in [1.29, 1.82) is 0 Å². The Bertz CT molecular complexity index is 462. The summed E-state index contributed by atoms with van der Waals surface area (Å²) in [6.45, 7) is 0. The fourth-order valence-electron chi connectivity index (χ4n) is 1.74. The van der Waals surface area contributed by atoms with Gasteiger partial charge in [-0.25, -0.2) is 4.39 Å². The highest BCUT2D eigenvalue weighted by atomic mass is 19.1. The molecule has 16 heavy (non-hydrogen) atoms. The van der Waals surface area contributed by atoms with E-state index in [0.717, 1.165) is 17.7 Å². The van der Waals surface area contributed by atoms with Gasteiger partial charge in [0.25, 0.3) is 0 Å². The Kier molecular flexibility index (Phi) is 3.20. The van der Waals surface area contributed by atoms with E-state index < -0.39 is 0 Å². The normalized spacial score (nSPS) is 10.1. The number of para-hydroxylation sites is 1. The Morgan fingerprint density at radius 1 is 1.00 bits per heavy atom. The number of anilines is 1. The van der Waals surface area contributed by atoms with Crippen LogP contribution in [0.2, 0.25) is 0 Å². The average Bonchev–Trinajstić information content (AvgIpc) is 2.33. The molecule has 0 amide bonds. The molecule has 0 atom stereocenters. The van der Waals surface area contributed by atoms with E-state index in [-0.39, 0.29) is 5.82 Å². The molecule has 0 aliphatic rings. The van der Waals surface area contributed by atoms with E-state index in [1.165, 1.54) is 17.7 Å². The van der Waals surface area contributed by atoms with Gasteiger partial charge in [0.15, 0.2) is 0 Å². The van der Waals surface area contributed by atoms with Crippen LogP contribution in [-0.4, -0.2) is 7.05 Å². The SMILES string of the molecule is CNc1ccccc1Cc1ccc(F)cc1. The predicted molar refractivity (Wildman–Crippen MR) is 65.2 cm³/mol. The molecule has 0 heterocycles. The van der Waals surface area contributed by atoms with Crippen molar-refractivity contribution < 1.29 is 4.39 Å². The Morgan fingerprint density at radius 3 is 2.38 bits per heavy atom. The molecule has 0 aliphatic carbocycles. The summed E-state index contributed by atoms with van der Waals surface area (Å²) in [5.74, 6) is -0.189. The lowest BCUT2D eigenvalue weighted by Crippen LogP contribution is -1.96. The summed E-state index contributed by atoms with van der Waals surface area (Å²) in [6.07, 6.45) is 0.817. The third kappa shape index (κ3) is 2.40. The van der Waals surface area contributed by atoms with Crippen LogP contribution in [0.15, 0.2) is 48.5 Å². The van der Waals surface area contributed by atoms with Crippen LogP contribution >= 0.6 is 0 Å². The fraction of sp³-hybridized carbons (Fsp3) is 0.143. The van der Waals surface area contributed by atoms with Crippen molar-refractivity contribution in [3.05, 3.63) is 65.5 Å². The predicted octanol–water partition coefficient (Wildman–Crippen LogP) is 3.46. The first-order valence-electron chi connectivity index (χ1n) is 5.29. The zero-order valence-electron chi connectivity index (χ0n) is 9.20. The molecule has 0 unspecified atom stereocenters. The zero-order valence-corrected chi connectivity index (χ0v) is 9.20. The van der Waals surface area contributed by atoms with Crippen molar-refractivity contribution in [2.75, 3.05) is 12.4 Å². The summed E-state index contributed by atoms with van der Waals surface area (Å²) in [5.41, 5.74) is 3.45. The van der Waals surface area contributed by atoms with Crippen molar-refractivity contribution in [3.8, 4) is 0 Å². The lowest BCUT2D eigenvalue weighted by atomic mass is 10.0. The van der Waals surface area contributed by atoms with Gasteiger partial charge in [0.1, 0.15) is 5.82 Å². The summed E-state index contributed by atoms with van der Waals surface area (Å²) in [6, 6.07) is 14.8. The van der Waals surface area contributed by atoms with E-state index >= 15 is 0 Å². The number of benzene rings is 2. The third-order valence-electron chi connectivity index (χ3n) is 2.59. The lowest BCUT2D eigenvalue weighted by molar-refractivity contribution is 0.627. The van der Waals surface area contributed by atoms with Gasteiger partial charge < -0.3 is 5.32 Å².